The SMILES string of the molecule is C=Cc1cc(-c2ccc(F)cc2)nc2cc(C(=O)N3CCN(C(=O)OC(C)(C)C)CC3(C)C)oc12. The average Bonchev–Trinajstić information content (AvgIpc) is 3.21. The first-order valence-corrected chi connectivity index (χ1v) is 11.5. The summed E-state index contributed by atoms with van der Waals surface area (Å²) in [7, 11) is 0. The first-order chi connectivity index (χ1) is 16.4. The average molecular weight is 480 g/mol. The number of carbonyl (C=O) groups is 2. The highest BCUT2D eigenvalue weighted by Gasteiger charge is 2.40. The van der Waals surface area contributed by atoms with Crippen molar-refractivity contribution < 1.29 is 23.1 Å². The van der Waals surface area contributed by atoms with Crippen molar-refractivity contribution in [2.45, 2.75) is 45.8 Å². The smallest absolute Gasteiger partial charge is 0.410 e. The van der Waals surface area contributed by atoms with Gasteiger partial charge in [0.2, 0.25) is 0 Å². The summed E-state index contributed by atoms with van der Waals surface area (Å²) in [5, 5.41) is 0. The summed E-state index contributed by atoms with van der Waals surface area (Å²) in [5.41, 5.74) is 1.78. The van der Waals surface area contributed by atoms with Crippen molar-refractivity contribution in [2.24, 2.45) is 0 Å². The van der Waals surface area contributed by atoms with E-state index in [1.807, 2.05) is 34.6 Å². The van der Waals surface area contributed by atoms with E-state index >= 15 is 0 Å². The lowest BCUT2D eigenvalue weighted by Gasteiger charge is -2.46. The summed E-state index contributed by atoms with van der Waals surface area (Å²) in [6, 6.07) is 9.46. The van der Waals surface area contributed by atoms with Crippen LogP contribution in [0.5, 0.6) is 0 Å². The quantitative estimate of drug-likeness (QED) is 0.478. The molecule has 1 fully saturated rings. The van der Waals surface area contributed by atoms with E-state index < -0.39 is 17.2 Å². The van der Waals surface area contributed by atoms with Crippen LogP contribution in [0.25, 0.3) is 28.4 Å². The van der Waals surface area contributed by atoms with Crippen LogP contribution in [-0.2, 0) is 4.74 Å². The van der Waals surface area contributed by atoms with E-state index in [9.17, 15) is 14.0 Å². The van der Waals surface area contributed by atoms with Crippen LogP contribution in [-0.4, -0.2) is 57.6 Å². The summed E-state index contributed by atoms with van der Waals surface area (Å²) in [6.45, 7) is 14.2. The van der Waals surface area contributed by atoms with Gasteiger partial charge in [0.05, 0.1) is 11.2 Å². The Kier molecular flexibility index (Phi) is 6.17. The van der Waals surface area contributed by atoms with Crippen molar-refractivity contribution >= 4 is 29.2 Å². The second-order valence-corrected chi connectivity index (χ2v) is 10.3. The number of pyridine rings is 1. The standard InChI is InChI=1S/C27H30FN3O4/c1-7-17-14-20(18-8-10-19(28)11-9-18)29-21-15-22(34-23(17)21)24(32)31-13-12-30(16-27(31,5)6)25(33)35-26(2,3)4/h7-11,14-15H,1,12-13,16H2,2-6H3. The van der Waals surface area contributed by atoms with E-state index in [1.54, 1.807) is 40.1 Å². The summed E-state index contributed by atoms with van der Waals surface area (Å²) >= 11 is 0. The topological polar surface area (TPSA) is 75.9 Å². The van der Waals surface area contributed by atoms with Gasteiger partial charge in [-0.1, -0.05) is 12.7 Å². The fourth-order valence-corrected chi connectivity index (χ4v) is 4.22. The van der Waals surface area contributed by atoms with Gasteiger partial charge in [-0.3, -0.25) is 4.79 Å². The number of ether oxygens (including phenoxy) is 1. The third-order valence-corrected chi connectivity index (χ3v) is 5.88. The van der Waals surface area contributed by atoms with Crippen molar-refractivity contribution in [2.75, 3.05) is 19.6 Å². The molecule has 1 aliphatic heterocycles. The van der Waals surface area contributed by atoms with Gasteiger partial charge in [-0.05, 0) is 65.0 Å². The van der Waals surface area contributed by atoms with E-state index in [-0.39, 0.29) is 17.5 Å². The molecule has 3 aromatic rings. The second-order valence-electron chi connectivity index (χ2n) is 10.3. The molecule has 2 amide bonds. The molecule has 35 heavy (non-hydrogen) atoms. The van der Waals surface area contributed by atoms with Crippen LogP contribution in [0, 0.1) is 5.82 Å². The highest BCUT2D eigenvalue weighted by Crippen LogP contribution is 2.31. The molecule has 1 aromatic carbocycles. The fraction of sp³-hybridized carbons (Fsp3) is 0.370. The molecule has 7 nitrogen and oxygen atoms in total. The molecule has 0 N–H and O–H groups in total. The molecular formula is C27H30FN3O4. The molecule has 8 heteroatoms. The van der Waals surface area contributed by atoms with Gasteiger partial charge >= 0.3 is 6.09 Å². The van der Waals surface area contributed by atoms with Crippen molar-refractivity contribution in [3.63, 3.8) is 0 Å². The molecule has 0 unspecified atom stereocenters. The Morgan fingerprint density at radius 2 is 1.86 bits per heavy atom. The van der Waals surface area contributed by atoms with E-state index in [2.05, 4.69) is 11.6 Å². The third-order valence-electron chi connectivity index (χ3n) is 5.88. The summed E-state index contributed by atoms with van der Waals surface area (Å²) in [4.78, 5) is 34.0. The maximum Gasteiger partial charge on any atom is 0.410 e. The number of rotatable bonds is 3. The van der Waals surface area contributed by atoms with Crippen LogP contribution in [0.1, 0.15) is 50.7 Å². The molecule has 0 atom stereocenters. The van der Waals surface area contributed by atoms with Gasteiger partial charge in [0.1, 0.15) is 16.9 Å². The van der Waals surface area contributed by atoms with E-state index in [1.165, 1.54) is 12.1 Å². The molecule has 2 aromatic heterocycles. The minimum Gasteiger partial charge on any atom is -0.449 e. The predicted octanol–water partition coefficient (Wildman–Crippen LogP) is 5.75. The van der Waals surface area contributed by atoms with Crippen molar-refractivity contribution in [1.82, 2.24) is 14.8 Å². The zero-order valence-corrected chi connectivity index (χ0v) is 20.7. The summed E-state index contributed by atoms with van der Waals surface area (Å²) < 4.78 is 24.8. The first kappa shape index (κ1) is 24.4. The zero-order chi connectivity index (χ0) is 25.5. The molecular weight excluding hydrogens is 449 g/mol. The molecule has 184 valence electrons. The molecule has 3 heterocycles. The number of amides is 2. The molecule has 0 saturated carbocycles. The lowest BCUT2D eigenvalue weighted by molar-refractivity contribution is -0.0117. The fourth-order valence-electron chi connectivity index (χ4n) is 4.22. The van der Waals surface area contributed by atoms with Crippen LogP contribution < -0.4 is 0 Å². The molecule has 0 radical (unpaired) electrons. The van der Waals surface area contributed by atoms with Crippen LogP contribution in [0.15, 0.2) is 47.4 Å². The normalized spacial score (nSPS) is 15.8. The Morgan fingerprint density at radius 3 is 2.46 bits per heavy atom. The van der Waals surface area contributed by atoms with Crippen molar-refractivity contribution in [1.29, 1.82) is 0 Å². The van der Waals surface area contributed by atoms with Gasteiger partial charge in [0.25, 0.3) is 5.91 Å². The molecule has 0 bridgehead atoms. The number of carbonyl (C=O) groups excluding carboxylic acids is 2. The number of hydrogen-bond donors (Lipinski definition) is 0. The Balaban J connectivity index is 1.61. The van der Waals surface area contributed by atoms with Gasteiger partial charge in [-0.25, -0.2) is 14.2 Å². The minimum atomic E-state index is -0.640. The van der Waals surface area contributed by atoms with Crippen LogP contribution in [0.3, 0.4) is 0 Å². The molecule has 4 rings (SSSR count). The molecule has 0 spiro atoms. The van der Waals surface area contributed by atoms with Gasteiger partial charge in [0, 0.05) is 36.8 Å². The molecule has 1 aliphatic rings. The summed E-state index contributed by atoms with van der Waals surface area (Å²) in [5.74, 6) is -0.454. The minimum absolute atomic E-state index is 0.158. The van der Waals surface area contributed by atoms with Gasteiger partial charge < -0.3 is 19.0 Å². The maximum absolute atomic E-state index is 13.5. The van der Waals surface area contributed by atoms with E-state index in [0.717, 1.165) is 5.56 Å². The van der Waals surface area contributed by atoms with Gasteiger partial charge in [0.15, 0.2) is 11.3 Å². The van der Waals surface area contributed by atoms with Crippen LogP contribution in [0.2, 0.25) is 0 Å². The van der Waals surface area contributed by atoms with Gasteiger partial charge in [-0.2, -0.15) is 0 Å². The Morgan fingerprint density at radius 1 is 1.17 bits per heavy atom. The first-order valence-electron chi connectivity index (χ1n) is 11.5. The predicted molar refractivity (Wildman–Crippen MR) is 132 cm³/mol. The Labute approximate surface area is 204 Å². The van der Waals surface area contributed by atoms with Crippen LogP contribution in [0.4, 0.5) is 9.18 Å². The lowest BCUT2D eigenvalue weighted by Crippen LogP contribution is -2.62. The molecule has 0 aliphatic carbocycles. The highest BCUT2D eigenvalue weighted by molar-refractivity contribution is 5.97. The number of benzene rings is 1. The molecule has 1 saturated heterocycles. The van der Waals surface area contributed by atoms with E-state index in [0.29, 0.717) is 42.0 Å². The van der Waals surface area contributed by atoms with Crippen molar-refractivity contribution in [3.8, 4) is 11.3 Å². The largest absolute Gasteiger partial charge is 0.449 e. The Hall–Kier alpha value is -3.68. The highest BCUT2D eigenvalue weighted by atomic mass is 19.1. The number of halogens is 1. The number of piperazine rings is 1. The summed E-state index contributed by atoms with van der Waals surface area (Å²) in [6.07, 6.45) is 1.24. The maximum atomic E-state index is 13.5. The monoisotopic (exact) mass is 479 g/mol. The zero-order valence-electron chi connectivity index (χ0n) is 20.7. The number of nitrogens with zero attached hydrogens (tertiary/aromatic N) is 3. The van der Waals surface area contributed by atoms with Crippen LogP contribution >= 0.6 is 0 Å². The lowest BCUT2D eigenvalue weighted by atomic mass is 9.98. The number of hydrogen-bond acceptors (Lipinski definition) is 5. The number of fused-ring (bicyclic) bond motifs is 1. The van der Waals surface area contributed by atoms with Gasteiger partial charge in [-0.15, -0.1) is 0 Å². The van der Waals surface area contributed by atoms with Crippen molar-refractivity contribution in [3.05, 3.63) is 60.1 Å². The van der Waals surface area contributed by atoms with E-state index in [4.69, 9.17) is 9.15 Å². The number of furan rings is 1. The third kappa shape index (κ3) is 5.06. The second kappa shape index (κ2) is 8.83. The number of aromatic nitrogens is 1. The Bertz CT molecular complexity index is 1290.